The van der Waals surface area contributed by atoms with Gasteiger partial charge >= 0.3 is 5.97 Å². The minimum absolute atomic E-state index is 0.0639. The molecule has 2 heterocycles. The first-order valence-corrected chi connectivity index (χ1v) is 8.71. The molecule has 0 spiro atoms. The fourth-order valence-corrected chi connectivity index (χ4v) is 3.55. The fourth-order valence-electron chi connectivity index (χ4n) is 3.55. The second-order valence-electron chi connectivity index (χ2n) is 6.84. The molecule has 0 aliphatic carbocycles. The number of likely N-dealkylation sites (tertiary alicyclic amines) is 1. The molecule has 0 radical (unpaired) electrons. The number of carboxylic acid groups (broad SMARTS) is 1. The molecule has 1 fully saturated rings. The summed E-state index contributed by atoms with van der Waals surface area (Å²) in [5, 5.41) is 27.4. The van der Waals surface area contributed by atoms with E-state index in [9.17, 15) is 19.4 Å². The Bertz CT molecular complexity index is 781. The Labute approximate surface area is 150 Å². The number of halogens is 1. The van der Waals surface area contributed by atoms with Crippen molar-refractivity contribution < 1.29 is 19.4 Å². The van der Waals surface area contributed by atoms with Gasteiger partial charge in [0.1, 0.15) is 22.9 Å². The van der Waals surface area contributed by atoms with E-state index < -0.39 is 23.3 Å². The van der Waals surface area contributed by atoms with E-state index >= 15 is 0 Å². The van der Waals surface area contributed by atoms with Crippen molar-refractivity contribution in [3.63, 3.8) is 0 Å². The van der Waals surface area contributed by atoms with E-state index in [1.54, 1.807) is 12.1 Å². The van der Waals surface area contributed by atoms with E-state index in [0.717, 1.165) is 0 Å². The molecular formula is C18H23FN4O3. The van der Waals surface area contributed by atoms with Crippen molar-refractivity contribution in [2.24, 2.45) is 5.41 Å². The average molecular weight is 362 g/mol. The van der Waals surface area contributed by atoms with Crippen LogP contribution in [0.2, 0.25) is 0 Å². The SMILES string of the molecule is CCc1n[nH]c(CN2CC[C@H](O)[C@](Cc3cccc(F)c3)(C(=O)O)C2)n1. The largest absolute Gasteiger partial charge is 0.481 e. The van der Waals surface area contributed by atoms with Gasteiger partial charge in [0, 0.05) is 19.5 Å². The second kappa shape index (κ2) is 7.51. The van der Waals surface area contributed by atoms with Gasteiger partial charge in [-0.2, -0.15) is 5.10 Å². The van der Waals surface area contributed by atoms with Gasteiger partial charge in [-0.25, -0.2) is 9.37 Å². The number of aliphatic carboxylic acids is 1. The number of carboxylic acids is 1. The average Bonchev–Trinajstić information content (AvgIpc) is 3.05. The van der Waals surface area contributed by atoms with Crippen molar-refractivity contribution in [2.75, 3.05) is 13.1 Å². The lowest BCUT2D eigenvalue weighted by molar-refractivity contribution is -0.163. The molecule has 3 rings (SSSR count). The van der Waals surface area contributed by atoms with Gasteiger partial charge < -0.3 is 10.2 Å². The van der Waals surface area contributed by atoms with Crippen LogP contribution < -0.4 is 0 Å². The minimum atomic E-state index is -1.39. The third kappa shape index (κ3) is 3.76. The number of nitrogens with zero attached hydrogens (tertiary/aromatic N) is 3. The molecule has 3 N–H and O–H groups in total. The molecule has 26 heavy (non-hydrogen) atoms. The zero-order valence-electron chi connectivity index (χ0n) is 14.7. The van der Waals surface area contributed by atoms with Gasteiger partial charge in [-0.15, -0.1) is 0 Å². The number of benzene rings is 1. The number of aliphatic hydroxyl groups excluding tert-OH is 1. The topological polar surface area (TPSA) is 102 Å². The van der Waals surface area contributed by atoms with E-state index in [2.05, 4.69) is 15.2 Å². The molecule has 140 valence electrons. The number of hydrogen-bond acceptors (Lipinski definition) is 5. The number of rotatable bonds is 6. The summed E-state index contributed by atoms with van der Waals surface area (Å²) in [6.07, 6.45) is 0.110. The van der Waals surface area contributed by atoms with E-state index in [4.69, 9.17) is 0 Å². The molecule has 8 heteroatoms. The van der Waals surface area contributed by atoms with Crippen molar-refractivity contribution in [1.82, 2.24) is 20.1 Å². The first-order valence-electron chi connectivity index (χ1n) is 8.71. The van der Waals surface area contributed by atoms with Crippen LogP contribution in [0.4, 0.5) is 4.39 Å². The molecular weight excluding hydrogens is 339 g/mol. The molecule has 1 aliphatic heterocycles. The quantitative estimate of drug-likeness (QED) is 0.718. The first kappa shape index (κ1) is 18.5. The second-order valence-corrected chi connectivity index (χ2v) is 6.84. The van der Waals surface area contributed by atoms with Gasteiger partial charge in [-0.05, 0) is 30.5 Å². The smallest absolute Gasteiger partial charge is 0.313 e. The van der Waals surface area contributed by atoms with Crippen molar-refractivity contribution in [1.29, 1.82) is 0 Å². The Morgan fingerprint density at radius 1 is 1.50 bits per heavy atom. The lowest BCUT2D eigenvalue weighted by atomic mass is 9.73. The molecule has 0 amide bonds. The summed E-state index contributed by atoms with van der Waals surface area (Å²) in [5.74, 6) is -0.116. The number of piperidine rings is 1. The van der Waals surface area contributed by atoms with Crippen LogP contribution in [0.1, 0.15) is 30.6 Å². The summed E-state index contributed by atoms with van der Waals surface area (Å²) in [7, 11) is 0. The van der Waals surface area contributed by atoms with Crippen LogP contribution in [0.15, 0.2) is 24.3 Å². The predicted molar refractivity (Wildman–Crippen MR) is 91.8 cm³/mol. The van der Waals surface area contributed by atoms with Gasteiger partial charge in [0.15, 0.2) is 0 Å². The number of aryl methyl sites for hydroxylation is 1. The summed E-state index contributed by atoms with van der Waals surface area (Å²) in [5.41, 5.74) is -0.833. The van der Waals surface area contributed by atoms with Crippen LogP contribution in [0.25, 0.3) is 0 Å². The van der Waals surface area contributed by atoms with Crippen molar-refractivity contribution in [3.05, 3.63) is 47.3 Å². The highest BCUT2D eigenvalue weighted by Crippen LogP contribution is 2.35. The van der Waals surface area contributed by atoms with Crippen LogP contribution >= 0.6 is 0 Å². The molecule has 2 atom stereocenters. The summed E-state index contributed by atoms with van der Waals surface area (Å²) < 4.78 is 13.5. The maximum atomic E-state index is 13.5. The maximum absolute atomic E-state index is 13.5. The number of H-pyrrole nitrogens is 1. The number of aliphatic hydroxyl groups is 1. The Kier molecular flexibility index (Phi) is 5.33. The number of aromatic nitrogens is 3. The van der Waals surface area contributed by atoms with E-state index in [0.29, 0.717) is 43.1 Å². The number of hydrogen-bond donors (Lipinski definition) is 3. The monoisotopic (exact) mass is 362 g/mol. The first-order chi connectivity index (χ1) is 12.4. The standard InChI is InChI=1S/C18H23FN4O3/c1-2-15-20-16(22-21-15)10-23-7-6-14(24)18(11-23,17(25)26)9-12-4-3-5-13(19)8-12/h3-5,8,14,24H,2,6-7,9-11H2,1H3,(H,25,26)(H,20,21,22)/t14-,18+/m0/s1. The van der Waals surface area contributed by atoms with Gasteiger partial charge in [0.25, 0.3) is 0 Å². The third-order valence-corrected chi connectivity index (χ3v) is 4.96. The van der Waals surface area contributed by atoms with E-state index in [1.807, 2.05) is 11.8 Å². The van der Waals surface area contributed by atoms with Crippen molar-refractivity contribution in [2.45, 2.75) is 38.8 Å². The molecule has 0 unspecified atom stereocenters. The van der Waals surface area contributed by atoms with Crippen LogP contribution in [-0.4, -0.2) is 55.5 Å². The maximum Gasteiger partial charge on any atom is 0.313 e. The molecule has 1 aromatic heterocycles. The highest BCUT2D eigenvalue weighted by molar-refractivity contribution is 5.76. The van der Waals surface area contributed by atoms with E-state index in [1.165, 1.54) is 12.1 Å². The zero-order chi connectivity index (χ0) is 18.7. The van der Waals surface area contributed by atoms with Gasteiger partial charge in [0.05, 0.1) is 12.6 Å². The lowest BCUT2D eigenvalue weighted by Crippen LogP contribution is -2.56. The molecule has 1 saturated heterocycles. The number of aromatic amines is 1. The molecule has 1 aliphatic rings. The Hall–Kier alpha value is -2.32. The minimum Gasteiger partial charge on any atom is -0.481 e. The molecule has 0 saturated carbocycles. The normalized spacial score (nSPS) is 23.9. The summed E-state index contributed by atoms with van der Waals surface area (Å²) in [6, 6.07) is 5.87. The van der Waals surface area contributed by atoms with Crippen LogP contribution in [0, 0.1) is 11.2 Å². The highest BCUT2D eigenvalue weighted by atomic mass is 19.1. The third-order valence-electron chi connectivity index (χ3n) is 4.96. The highest BCUT2D eigenvalue weighted by Gasteiger charge is 2.49. The molecule has 2 aromatic rings. The van der Waals surface area contributed by atoms with Crippen LogP contribution in [0.3, 0.4) is 0 Å². The lowest BCUT2D eigenvalue weighted by Gasteiger charge is -2.43. The summed E-state index contributed by atoms with van der Waals surface area (Å²) in [4.78, 5) is 18.4. The van der Waals surface area contributed by atoms with E-state index in [-0.39, 0.29) is 13.0 Å². The Morgan fingerprint density at radius 3 is 2.96 bits per heavy atom. The molecule has 7 nitrogen and oxygen atoms in total. The summed E-state index contributed by atoms with van der Waals surface area (Å²) >= 11 is 0. The predicted octanol–water partition coefficient (Wildman–Crippen LogP) is 1.39. The number of carbonyl (C=O) groups is 1. The van der Waals surface area contributed by atoms with Gasteiger partial charge in [-0.1, -0.05) is 19.1 Å². The van der Waals surface area contributed by atoms with Crippen molar-refractivity contribution in [3.8, 4) is 0 Å². The number of nitrogens with one attached hydrogen (secondary N) is 1. The Morgan fingerprint density at radius 2 is 2.31 bits per heavy atom. The zero-order valence-corrected chi connectivity index (χ0v) is 14.7. The Balaban J connectivity index is 1.81. The van der Waals surface area contributed by atoms with Crippen molar-refractivity contribution >= 4 is 5.97 Å². The molecule has 0 bridgehead atoms. The fraction of sp³-hybridized carbons (Fsp3) is 0.500. The van der Waals surface area contributed by atoms with Crippen LogP contribution in [0.5, 0.6) is 0 Å². The summed E-state index contributed by atoms with van der Waals surface area (Å²) in [6.45, 7) is 3.10. The molecule has 1 aromatic carbocycles. The van der Waals surface area contributed by atoms with Crippen LogP contribution in [-0.2, 0) is 24.2 Å². The van der Waals surface area contributed by atoms with Gasteiger partial charge in [-0.3, -0.25) is 14.8 Å². The van der Waals surface area contributed by atoms with Gasteiger partial charge in [0.2, 0.25) is 0 Å².